The summed E-state index contributed by atoms with van der Waals surface area (Å²) < 4.78 is 27.2. The van der Waals surface area contributed by atoms with Crippen molar-refractivity contribution < 1.29 is 13.2 Å². The lowest BCUT2D eigenvalue weighted by molar-refractivity contribution is 0.0951. The molecule has 7 heteroatoms. The Balaban J connectivity index is 1.78. The summed E-state index contributed by atoms with van der Waals surface area (Å²) >= 11 is 6.16. The van der Waals surface area contributed by atoms with E-state index in [1.54, 1.807) is 0 Å². The van der Waals surface area contributed by atoms with Crippen LogP contribution in [0.25, 0.3) is 0 Å². The van der Waals surface area contributed by atoms with E-state index < -0.39 is 15.9 Å². The van der Waals surface area contributed by atoms with Crippen molar-refractivity contribution >= 4 is 27.5 Å². The molecule has 0 bridgehead atoms. The number of rotatable bonds is 5. The fourth-order valence-electron chi connectivity index (χ4n) is 3.08. The molecule has 2 aromatic rings. The molecule has 0 aliphatic carbocycles. The third kappa shape index (κ3) is 4.69. The number of carbonyl (C=O) groups is 1. The van der Waals surface area contributed by atoms with Gasteiger partial charge in [-0.3, -0.25) is 4.79 Å². The molecule has 1 N–H and O–H groups in total. The van der Waals surface area contributed by atoms with Crippen molar-refractivity contribution in [3.63, 3.8) is 0 Å². The molecule has 2 aromatic carbocycles. The van der Waals surface area contributed by atoms with E-state index in [0.717, 1.165) is 30.4 Å². The molecule has 1 amide bonds. The zero-order valence-electron chi connectivity index (χ0n) is 15.2. The topological polar surface area (TPSA) is 66.5 Å². The summed E-state index contributed by atoms with van der Waals surface area (Å²) in [7, 11) is -3.61. The molecule has 1 heterocycles. The highest BCUT2D eigenvalue weighted by molar-refractivity contribution is 7.89. The molecule has 0 aromatic heterocycles. The van der Waals surface area contributed by atoms with Gasteiger partial charge in [-0.2, -0.15) is 4.31 Å². The molecule has 1 saturated heterocycles. The lowest BCUT2D eigenvalue weighted by atomic mass is 10.1. The third-order valence-electron chi connectivity index (χ3n) is 4.71. The van der Waals surface area contributed by atoms with Gasteiger partial charge < -0.3 is 5.32 Å². The summed E-state index contributed by atoms with van der Waals surface area (Å²) in [5, 5.41) is 3.03. The van der Waals surface area contributed by atoms with Crippen molar-refractivity contribution in [2.75, 3.05) is 13.1 Å². The number of benzene rings is 2. The molecular formula is C20H23ClN2O3S. The van der Waals surface area contributed by atoms with E-state index in [1.807, 2.05) is 31.2 Å². The van der Waals surface area contributed by atoms with Crippen LogP contribution < -0.4 is 5.32 Å². The second-order valence-corrected chi connectivity index (χ2v) is 9.12. The van der Waals surface area contributed by atoms with E-state index in [4.69, 9.17) is 11.6 Å². The van der Waals surface area contributed by atoms with E-state index in [1.165, 1.54) is 22.5 Å². The number of halogens is 1. The van der Waals surface area contributed by atoms with E-state index >= 15 is 0 Å². The van der Waals surface area contributed by atoms with Crippen molar-refractivity contribution in [3.8, 4) is 0 Å². The Labute approximate surface area is 165 Å². The Bertz CT molecular complexity index is 921. The van der Waals surface area contributed by atoms with Gasteiger partial charge >= 0.3 is 0 Å². The average molecular weight is 407 g/mol. The van der Waals surface area contributed by atoms with E-state index in [0.29, 0.717) is 19.6 Å². The molecule has 0 spiro atoms. The van der Waals surface area contributed by atoms with Gasteiger partial charge in [0.05, 0.1) is 15.5 Å². The third-order valence-corrected chi connectivity index (χ3v) is 6.93. The minimum absolute atomic E-state index is 0.106. The molecule has 0 saturated carbocycles. The maximum absolute atomic E-state index is 12.8. The lowest BCUT2D eigenvalue weighted by Gasteiger charge is -2.26. The van der Waals surface area contributed by atoms with Gasteiger partial charge in [-0.25, -0.2) is 8.42 Å². The Morgan fingerprint density at radius 2 is 1.74 bits per heavy atom. The number of hydrogen-bond acceptors (Lipinski definition) is 3. The van der Waals surface area contributed by atoms with Gasteiger partial charge in [-0.05, 0) is 43.5 Å². The Morgan fingerprint density at radius 3 is 2.41 bits per heavy atom. The molecule has 0 atom stereocenters. The predicted octanol–water partition coefficient (Wildman–Crippen LogP) is 3.75. The molecule has 5 nitrogen and oxygen atoms in total. The second kappa shape index (κ2) is 8.42. The first-order valence-corrected chi connectivity index (χ1v) is 10.8. The fraction of sp³-hybridized carbons (Fsp3) is 0.350. The van der Waals surface area contributed by atoms with Crippen LogP contribution in [0.4, 0.5) is 0 Å². The first-order valence-electron chi connectivity index (χ1n) is 9.01. The summed E-state index contributed by atoms with van der Waals surface area (Å²) in [6.07, 6.45) is 2.76. The monoisotopic (exact) mass is 406 g/mol. The number of hydrogen-bond donors (Lipinski definition) is 1. The summed E-state index contributed by atoms with van der Waals surface area (Å²) in [4.78, 5) is 12.7. The van der Waals surface area contributed by atoms with Crippen molar-refractivity contribution in [1.29, 1.82) is 0 Å². The minimum Gasteiger partial charge on any atom is -0.348 e. The SMILES string of the molecule is Cc1ccc(CNC(=O)c2cc(S(=O)(=O)N3CCCCC3)ccc2Cl)cc1. The predicted molar refractivity (Wildman–Crippen MR) is 106 cm³/mol. The van der Waals surface area contributed by atoms with Crippen LogP contribution in [-0.4, -0.2) is 31.7 Å². The number of sulfonamides is 1. The standard InChI is InChI=1S/C20H23ClN2O3S/c1-15-5-7-16(8-6-15)14-22-20(24)18-13-17(9-10-19(18)21)27(25,26)23-11-3-2-4-12-23/h5-10,13H,2-4,11-12,14H2,1H3,(H,22,24). The van der Waals surface area contributed by atoms with Crippen LogP contribution in [0.3, 0.4) is 0 Å². The first-order chi connectivity index (χ1) is 12.9. The van der Waals surface area contributed by atoms with Crippen molar-refractivity contribution in [3.05, 3.63) is 64.2 Å². The summed E-state index contributed by atoms with van der Waals surface area (Å²) in [6.45, 7) is 3.37. The number of carbonyl (C=O) groups excluding carboxylic acids is 1. The van der Waals surface area contributed by atoms with Crippen molar-refractivity contribution in [2.45, 2.75) is 37.6 Å². The number of amides is 1. The smallest absolute Gasteiger partial charge is 0.253 e. The lowest BCUT2D eigenvalue weighted by Crippen LogP contribution is -2.35. The highest BCUT2D eigenvalue weighted by atomic mass is 35.5. The van der Waals surface area contributed by atoms with Gasteiger partial charge in [0.1, 0.15) is 0 Å². The maximum Gasteiger partial charge on any atom is 0.253 e. The Kier molecular flexibility index (Phi) is 6.19. The molecular weight excluding hydrogens is 384 g/mol. The van der Waals surface area contributed by atoms with Gasteiger partial charge in [0.15, 0.2) is 0 Å². The molecule has 3 rings (SSSR count). The highest BCUT2D eigenvalue weighted by Crippen LogP contribution is 2.25. The Morgan fingerprint density at radius 1 is 1.07 bits per heavy atom. The zero-order valence-corrected chi connectivity index (χ0v) is 16.8. The molecule has 144 valence electrons. The van der Waals surface area contributed by atoms with Crippen LogP contribution in [0.15, 0.2) is 47.4 Å². The highest BCUT2D eigenvalue weighted by Gasteiger charge is 2.27. The van der Waals surface area contributed by atoms with Gasteiger partial charge in [0, 0.05) is 19.6 Å². The molecule has 1 aliphatic heterocycles. The second-order valence-electron chi connectivity index (χ2n) is 6.77. The minimum atomic E-state index is -3.61. The summed E-state index contributed by atoms with van der Waals surface area (Å²) in [6, 6.07) is 12.1. The molecule has 0 radical (unpaired) electrons. The van der Waals surface area contributed by atoms with Crippen LogP contribution in [0, 0.1) is 6.92 Å². The molecule has 0 unspecified atom stereocenters. The van der Waals surface area contributed by atoms with Crippen LogP contribution in [0.2, 0.25) is 5.02 Å². The number of piperidine rings is 1. The quantitative estimate of drug-likeness (QED) is 0.822. The maximum atomic E-state index is 12.8. The zero-order chi connectivity index (χ0) is 19.4. The van der Waals surface area contributed by atoms with Gasteiger partial charge in [0.25, 0.3) is 5.91 Å². The number of nitrogens with one attached hydrogen (secondary N) is 1. The van der Waals surface area contributed by atoms with E-state index in [2.05, 4.69) is 5.32 Å². The van der Waals surface area contributed by atoms with Crippen LogP contribution in [-0.2, 0) is 16.6 Å². The van der Waals surface area contributed by atoms with E-state index in [9.17, 15) is 13.2 Å². The van der Waals surface area contributed by atoms with E-state index in [-0.39, 0.29) is 15.5 Å². The van der Waals surface area contributed by atoms with Gasteiger partial charge in [-0.15, -0.1) is 0 Å². The molecule has 27 heavy (non-hydrogen) atoms. The normalized spacial score (nSPS) is 15.5. The van der Waals surface area contributed by atoms with Crippen molar-refractivity contribution in [1.82, 2.24) is 9.62 Å². The van der Waals surface area contributed by atoms with Crippen LogP contribution in [0.1, 0.15) is 40.7 Å². The van der Waals surface area contributed by atoms with Crippen molar-refractivity contribution in [2.24, 2.45) is 0 Å². The summed E-state index contributed by atoms with van der Waals surface area (Å²) in [5.74, 6) is -0.392. The van der Waals surface area contributed by atoms with Crippen LogP contribution >= 0.6 is 11.6 Å². The van der Waals surface area contributed by atoms with Gasteiger partial charge in [0.2, 0.25) is 10.0 Å². The fourth-order valence-corrected chi connectivity index (χ4v) is 4.82. The molecule has 1 fully saturated rings. The van der Waals surface area contributed by atoms with Gasteiger partial charge in [-0.1, -0.05) is 47.9 Å². The number of aryl methyl sites for hydroxylation is 1. The van der Waals surface area contributed by atoms with Crippen LogP contribution in [0.5, 0.6) is 0 Å². The largest absolute Gasteiger partial charge is 0.348 e. The summed E-state index contributed by atoms with van der Waals surface area (Å²) in [5.41, 5.74) is 2.27. The number of nitrogens with zero attached hydrogens (tertiary/aromatic N) is 1. The Hall–Kier alpha value is -1.89. The molecule has 1 aliphatic rings. The first kappa shape index (κ1) is 19.9. The average Bonchev–Trinajstić information content (AvgIpc) is 2.68.